The fourth-order valence-electron chi connectivity index (χ4n) is 3.20. The van der Waals surface area contributed by atoms with Crippen LogP contribution in [0.25, 0.3) is 11.0 Å². The van der Waals surface area contributed by atoms with Crippen LogP contribution in [0.15, 0.2) is 52.2 Å². The molecule has 0 atom stereocenters. The third-order valence-electron chi connectivity index (χ3n) is 4.69. The third kappa shape index (κ3) is 4.37. The molecule has 1 aromatic heterocycles. The summed E-state index contributed by atoms with van der Waals surface area (Å²) in [7, 11) is -3.61. The van der Waals surface area contributed by atoms with Gasteiger partial charge in [-0.15, -0.1) is 0 Å². The molecular formula is C19H21N5O5S. The van der Waals surface area contributed by atoms with Gasteiger partial charge in [0, 0.05) is 24.5 Å². The van der Waals surface area contributed by atoms with Gasteiger partial charge in [0.25, 0.3) is 0 Å². The standard InChI is InChI=1S/C19H21N5O5S/c25-18(21-14-4-5-16-17(11-14)23-19(26)22-16)12-20-13-2-1-3-15(10-13)30(27,28)24-6-8-29-9-7-24/h1-5,10-11,20H,6-9,12H2,(H,21,25)(H2,22,23,26). The molecule has 4 N–H and O–H groups in total. The average molecular weight is 431 g/mol. The summed E-state index contributed by atoms with van der Waals surface area (Å²) in [6.07, 6.45) is 0. The van der Waals surface area contributed by atoms with Crippen molar-refractivity contribution in [3.8, 4) is 0 Å². The lowest BCUT2D eigenvalue weighted by Crippen LogP contribution is -2.40. The summed E-state index contributed by atoms with van der Waals surface area (Å²) < 4.78 is 32.1. The number of sulfonamides is 1. The minimum absolute atomic E-state index is 0.0528. The topological polar surface area (TPSA) is 136 Å². The highest BCUT2D eigenvalue weighted by atomic mass is 32.2. The van der Waals surface area contributed by atoms with Crippen molar-refractivity contribution in [3.05, 3.63) is 52.9 Å². The quantitative estimate of drug-likeness (QED) is 0.458. The van der Waals surface area contributed by atoms with Crippen molar-refractivity contribution in [1.82, 2.24) is 14.3 Å². The van der Waals surface area contributed by atoms with Gasteiger partial charge in [-0.1, -0.05) is 6.07 Å². The molecule has 0 unspecified atom stereocenters. The Morgan fingerprint density at radius 2 is 1.80 bits per heavy atom. The van der Waals surface area contributed by atoms with E-state index in [4.69, 9.17) is 4.74 Å². The van der Waals surface area contributed by atoms with Crippen LogP contribution in [-0.4, -0.2) is 61.4 Å². The Morgan fingerprint density at radius 3 is 2.60 bits per heavy atom. The van der Waals surface area contributed by atoms with Crippen LogP contribution in [0.4, 0.5) is 11.4 Å². The van der Waals surface area contributed by atoms with Crippen LogP contribution in [0.1, 0.15) is 0 Å². The molecule has 0 aliphatic carbocycles. The van der Waals surface area contributed by atoms with E-state index in [0.29, 0.717) is 48.7 Å². The Bertz CT molecular complexity index is 1230. The van der Waals surface area contributed by atoms with Crippen LogP contribution in [-0.2, 0) is 19.6 Å². The Kier molecular flexibility index (Phi) is 5.57. The van der Waals surface area contributed by atoms with Crippen LogP contribution in [0.3, 0.4) is 0 Å². The first-order valence-electron chi connectivity index (χ1n) is 9.35. The molecule has 1 fully saturated rings. The maximum Gasteiger partial charge on any atom is 0.323 e. The summed E-state index contributed by atoms with van der Waals surface area (Å²) in [4.78, 5) is 29.0. The van der Waals surface area contributed by atoms with Crippen LogP contribution in [0.2, 0.25) is 0 Å². The van der Waals surface area contributed by atoms with Crippen molar-refractivity contribution in [3.63, 3.8) is 0 Å². The number of amides is 1. The molecule has 158 valence electrons. The van der Waals surface area contributed by atoms with Crippen LogP contribution in [0, 0.1) is 0 Å². The number of benzene rings is 2. The van der Waals surface area contributed by atoms with Gasteiger partial charge in [-0.2, -0.15) is 4.31 Å². The summed E-state index contributed by atoms with van der Waals surface area (Å²) in [5.74, 6) is -0.311. The number of hydrogen-bond donors (Lipinski definition) is 4. The molecule has 1 amide bonds. The van der Waals surface area contributed by atoms with Gasteiger partial charge in [-0.05, 0) is 36.4 Å². The predicted octanol–water partition coefficient (Wildman–Crippen LogP) is 0.928. The first-order chi connectivity index (χ1) is 14.4. The first-order valence-corrected chi connectivity index (χ1v) is 10.8. The maximum atomic E-state index is 12.8. The number of nitrogens with one attached hydrogen (secondary N) is 4. The van der Waals surface area contributed by atoms with E-state index < -0.39 is 10.0 Å². The SMILES string of the molecule is O=C(CNc1cccc(S(=O)(=O)N2CCOCC2)c1)Nc1ccc2[nH]c(=O)[nH]c2c1. The summed E-state index contributed by atoms with van der Waals surface area (Å²) in [6, 6.07) is 11.4. The second kappa shape index (κ2) is 8.30. The number of fused-ring (bicyclic) bond motifs is 1. The van der Waals surface area contributed by atoms with Gasteiger partial charge in [-0.25, -0.2) is 13.2 Å². The van der Waals surface area contributed by atoms with Gasteiger partial charge < -0.3 is 25.3 Å². The minimum Gasteiger partial charge on any atom is -0.379 e. The second-order valence-corrected chi connectivity index (χ2v) is 8.72. The van der Waals surface area contributed by atoms with Gasteiger partial charge >= 0.3 is 5.69 Å². The highest BCUT2D eigenvalue weighted by molar-refractivity contribution is 7.89. The number of carbonyl (C=O) groups is 1. The molecule has 1 aliphatic rings. The minimum atomic E-state index is -3.61. The van der Waals surface area contributed by atoms with Gasteiger partial charge in [0.1, 0.15) is 0 Å². The zero-order valence-electron chi connectivity index (χ0n) is 16.0. The number of imidazole rings is 1. The molecule has 0 radical (unpaired) electrons. The Morgan fingerprint density at radius 1 is 1.03 bits per heavy atom. The third-order valence-corrected chi connectivity index (χ3v) is 6.59. The number of H-pyrrole nitrogens is 2. The molecule has 3 aromatic rings. The number of aromatic nitrogens is 2. The number of anilines is 2. The van der Waals surface area contributed by atoms with Gasteiger partial charge in [-0.3, -0.25) is 4.79 Å². The Labute approximate surface area is 172 Å². The highest BCUT2D eigenvalue weighted by Gasteiger charge is 2.26. The van der Waals surface area contributed by atoms with E-state index in [2.05, 4.69) is 20.6 Å². The first kappa shape index (κ1) is 20.1. The number of aromatic amines is 2. The van der Waals surface area contributed by atoms with Gasteiger partial charge in [0.15, 0.2) is 0 Å². The largest absolute Gasteiger partial charge is 0.379 e. The number of hydrogen-bond acceptors (Lipinski definition) is 6. The number of rotatable bonds is 6. The fourth-order valence-corrected chi connectivity index (χ4v) is 4.65. The van der Waals surface area contributed by atoms with E-state index in [-0.39, 0.29) is 23.0 Å². The zero-order chi connectivity index (χ0) is 21.1. The van der Waals surface area contributed by atoms with E-state index in [1.807, 2.05) is 0 Å². The maximum absolute atomic E-state index is 12.8. The van der Waals surface area contributed by atoms with E-state index >= 15 is 0 Å². The molecule has 4 rings (SSSR count). The fraction of sp³-hybridized carbons (Fsp3) is 0.263. The van der Waals surface area contributed by atoms with E-state index in [1.165, 1.54) is 16.4 Å². The highest BCUT2D eigenvalue weighted by Crippen LogP contribution is 2.20. The smallest absolute Gasteiger partial charge is 0.323 e. The van der Waals surface area contributed by atoms with Crippen molar-refractivity contribution < 1.29 is 17.9 Å². The molecule has 2 aromatic carbocycles. The monoisotopic (exact) mass is 431 g/mol. The molecule has 30 heavy (non-hydrogen) atoms. The average Bonchev–Trinajstić information content (AvgIpc) is 3.12. The lowest BCUT2D eigenvalue weighted by Gasteiger charge is -2.26. The van der Waals surface area contributed by atoms with Crippen molar-refractivity contribution in [2.24, 2.45) is 0 Å². The molecule has 1 saturated heterocycles. The number of carbonyl (C=O) groups excluding carboxylic acids is 1. The number of nitrogens with zero attached hydrogens (tertiary/aromatic N) is 1. The van der Waals surface area contributed by atoms with E-state index in [9.17, 15) is 18.0 Å². The van der Waals surface area contributed by atoms with Crippen LogP contribution in [0.5, 0.6) is 0 Å². The van der Waals surface area contributed by atoms with Crippen molar-refractivity contribution >= 4 is 38.3 Å². The lowest BCUT2D eigenvalue weighted by atomic mass is 10.2. The second-order valence-electron chi connectivity index (χ2n) is 6.79. The van der Waals surface area contributed by atoms with Gasteiger partial charge in [0.05, 0.1) is 35.7 Å². The normalized spacial score (nSPS) is 15.2. The molecule has 0 spiro atoms. The lowest BCUT2D eigenvalue weighted by molar-refractivity contribution is -0.114. The van der Waals surface area contributed by atoms with E-state index in [1.54, 1.807) is 30.3 Å². The zero-order valence-corrected chi connectivity index (χ0v) is 16.8. The molecule has 0 bridgehead atoms. The predicted molar refractivity (Wildman–Crippen MR) is 112 cm³/mol. The van der Waals surface area contributed by atoms with Crippen molar-refractivity contribution in [2.75, 3.05) is 43.5 Å². The molecular weight excluding hydrogens is 410 g/mol. The molecule has 0 saturated carbocycles. The summed E-state index contributed by atoms with van der Waals surface area (Å²) >= 11 is 0. The summed E-state index contributed by atoms with van der Waals surface area (Å²) in [6.45, 7) is 1.33. The number of ether oxygens (including phenoxy) is 1. The summed E-state index contributed by atoms with van der Waals surface area (Å²) in [5.41, 5.74) is 1.97. The molecule has 2 heterocycles. The van der Waals surface area contributed by atoms with Crippen LogP contribution >= 0.6 is 0 Å². The van der Waals surface area contributed by atoms with E-state index in [0.717, 1.165) is 0 Å². The van der Waals surface area contributed by atoms with Crippen molar-refractivity contribution in [1.29, 1.82) is 0 Å². The van der Waals surface area contributed by atoms with Crippen LogP contribution < -0.4 is 16.3 Å². The molecule has 1 aliphatic heterocycles. The molecule has 11 heteroatoms. The number of morpholine rings is 1. The van der Waals surface area contributed by atoms with Crippen molar-refractivity contribution in [2.45, 2.75) is 4.90 Å². The van der Waals surface area contributed by atoms with Gasteiger partial charge in [0.2, 0.25) is 15.9 Å². The molecule has 10 nitrogen and oxygen atoms in total. The Hall–Kier alpha value is -3.15. The summed E-state index contributed by atoms with van der Waals surface area (Å²) in [5, 5.41) is 5.67. The Balaban J connectivity index is 1.40.